The number of carbonyl (C=O) groups is 1. The third kappa shape index (κ3) is 4.22. The molecule has 3 heterocycles. The Balaban J connectivity index is 1.40. The maximum Gasteiger partial charge on any atom is 0.261 e. The normalized spacial score (nSPS) is 16.5. The van der Waals surface area contributed by atoms with Gasteiger partial charge in [-0.1, -0.05) is 6.42 Å². The van der Waals surface area contributed by atoms with E-state index in [2.05, 4.69) is 14.9 Å². The van der Waals surface area contributed by atoms with Gasteiger partial charge >= 0.3 is 0 Å². The molecule has 0 aliphatic carbocycles. The Labute approximate surface area is 191 Å². The number of hydrogen-bond donors (Lipinski definition) is 1. The van der Waals surface area contributed by atoms with Crippen LogP contribution in [0.25, 0.3) is 11.4 Å². The highest BCUT2D eigenvalue weighted by molar-refractivity contribution is 7.92. The molecular formula is C23H24FN5O3S. The lowest BCUT2D eigenvalue weighted by molar-refractivity contribution is -0.117. The molecule has 0 bridgehead atoms. The van der Waals surface area contributed by atoms with E-state index in [1.807, 2.05) is 4.57 Å². The minimum Gasteiger partial charge on any atom is -0.312 e. The van der Waals surface area contributed by atoms with E-state index in [1.165, 1.54) is 30.3 Å². The predicted molar refractivity (Wildman–Crippen MR) is 122 cm³/mol. The maximum atomic E-state index is 14.7. The first-order chi connectivity index (χ1) is 15.9. The van der Waals surface area contributed by atoms with Crippen molar-refractivity contribution in [1.82, 2.24) is 14.8 Å². The zero-order chi connectivity index (χ0) is 23.0. The molecule has 0 spiro atoms. The molecule has 10 heteroatoms. The van der Waals surface area contributed by atoms with Crippen molar-refractivity contribution in [3.63, 3.8) is 0 Å². The van der Waals surface area contributed by atoms with E-state index >= 15 is 0 Å². The van der Waals surface area contributed by atoms with Gasteiger partial charge in [0.1, 0.15) is 11.6 Å². The number of sulfonamides is 1. The van der Waals surface area contributed by atoms with E-state index in [1.54, 1.807) is 17.0 Å². The summed E-state index contributed by atoms with van der Waals surface area (Å²) in [6.07, 6.45) is 5.15. The standard InChI is InChI=1S/C23H24FN5O3S/c24-20-12-7-16(15-19(20)23-26-25-21-5-2-1-3-13-29(21)23)27-33(31,32)18-10-8-17(9-11-18)28-14-4-6-22(28)30/h7-12,15,27H,1-6,13-14H2. The highest BCUT2D eigenvalue weighted by atomic mass is 32.2. The molecule has 3 aromatic rings. The number of hydrogen-bond acceptors (Lipinski definition) is 5. The van der Waals surface area contributed by atoms with Gasteiger partial charge in [0.05, 0.1) is 10.5 Å². The fourth-order valence-corrected chi connectivity index (χ4v) is 5.43. The average Bonchev–Trinajstić information content (AvgIpc) is 3.33. The molecule has 5 rings (SSSR count). The van der Waals surface area contributed by atoms with Crippen molar-refractivity contribution in [3.05, 3.63) is 54.1 Å². The largest absolute Gasteiger partial charge is 0.312 e. The highest BCUT2D eigenvalue weighted by Gasteiger charge is 2.23. The monoisotopic (exact) mass is 469 g/mol. The predicted octanol–water partition coefficient (Wildman–Crippen LogP) is 3.74. The zero-order valence-electron chi connectivity index (χ0n) is 18.0. The SMILES string of the molecule is O=C1CCCN1c1ccc(S(=O)(=O)Nc2ccc(F)c(-c3nnc4n3CCCCC4)c2)cc1. The first-order valence-electron chi connectivity index (χ1n) is 11.1. The van der Waals surface area contributed by atoms with Crippen LogP contribution in [0.3, 0.4) is 0 Å². The molecule has 2 aromatic carbocycles. The molecule has 1 saturated heterocycles. The topological polar surface area (TPSA) is 97.2 Å². The average molecular weight is 470 g/mol. The van der Waals surface area contributed by atoms with E-state index in [-0.39, 0.29) is 22.1 Å². The van der Waals surface area contributed by atoms with Gasteiger partial charge in [0.15, 0.2) is 5.82 Å². The van der Waals surface area contributed by atoms with Crippen molar-refractivity contribution in [3.8, 4) is 11.4 Å². The zero-order valence-corrected chi connectivity index (χ0v) is 18.8. The fraction of sp³-hybridized carbons (Fsp3) is 0.348. The first kappa shape index (κ1) is 21.6. The molecular weight excluding hydrogens is 445 g/mol. The summed E-state index contributed by atoms with van der Waals surface area (Å²) < 4.78 is 45.0. The Morgan fingerprint density at radius 1 is 0.909 bits per heavy atom. The second-order valence-electron chi connectivity index (χ2n) is 8.35. The molecule has 0 unspecified atom stereocenters. The summed E-state index contributed by atoms with van der Waals surface area (Å²) in [5.41, 5.74) is 1.11. The second-order valence-corrected chi connectivity index (χ2v) is 10.0. The van der Waals surface area contributed by atoms with Crippen LogP contribution in [0.15, 0.2) is 47.4 Å². The number of aromatic nitrogens is 3. The quantitative estimate of drug-likeness (QED) is 0.614. The molecule has 1 fully saturated rings. The minimum atomic E-state index is -3.91. The molecule has 33 heavy (non-hydrogen) atoms. The summed E-state index contributed by atoms with van der Waals surface area (Å²) in [6.45, 7) is 1.34. The fourth-order valence-electron chi connectivity index (χ4n) is 4.38. The van der Waals surface area contributed by atoms with Crippen molar-refractivity contribution in [1.29, 1.82) is 0 Å². The van der Waals surface area contributed by atoms with Gasteiger partial charge in [0, 0.05) is 37.3 Å². The van der Waals surface area contributed by atoms with Gasteiger partial charge in [-0.15, -0.1) is 10.2 Å². The van der Waals surface area contributed by atoms with Crippen molar-refractivity contribution < 1.29 is 17.6 Å². The van der Waals surface area contributed by atoms with E-state index < -0.39 is 15.8 Å². The number of halogens is 1. The molecule has 0 saturated carbocycles. The van der Waals surface area contributed by atoms with Crippen LogP contribution in [-0.4, -0.2) is 35.6 Å². The third-order valence-corrected chi connectivity index (χ3v) is 7.50. The number of fused-ring (bicyclic) bond motifs is 1. The Morgan fingerprint density at radius 2 is 1.73 bits per heavy atom. The van der Waals surface area contributed by atoms with E-state index in [4.69, 9.17) is 0 Å². The van der Waals surface area contributed by atoms with Crippen LogP contribution < -0.4 is 9.62 Å². The van der Waals surface area contributed by atoms with Gasteiger partial charge in [0.2, 0.25) is 5.91 Å². The second kappa shape index (κ2) is 8.58. The lowest BCUT2D eigenvalue weighted by Crippen LogP contribution is -2.23. The van der Waals surface area contributed by atoms with Gasteiger partial charge in [-0.2, -0.15) is 0 Å². The van der Waals surface area contributed by atoms with Crippen LogP contribution in [0.2, 0.25) is 0 Å². The van der Waals surface area contributed by atoms with Crippen molar-refractivity contribution in [2.24, 2.45) is 0 Å². The van der Waals surface area contributed by atoms with Crippen LogP contribution in [0.5, 0.6) is 0 Å². The number of carbonyl (C=O) groups excluding carboxylic acids is 1. The number of nitrogens with zero attached hydrogens (tertiary/aromatic N) is 4. The Morgan fingerprint density at radius 3 is 2.48 bits per heavy atom. The van der Waals surface area contributed by atoms with Crippen LogP contribution in [0.4, 0.5) is 15.8 Å². The van der Waals surface area contributed by atoms with Crippen LogP contribution in [-0.2, 0) is 27.8 Å². The number of rotatable bonds is 5. The molecule has 1 aromatic heterocycles. The summed E-state index contributed by atoms with van der Waals surface area (Å²) in [7, 11) is -3.91. The smallest absolute Gasteiger partial charge is 0.261 e. The first-order valence-corrected chi connectivity index (χ1v) is 12.6. The van der Waals surface area contributed by atoms with Gasteiger partial charge in [-0.3, -0.25) is 9.52 Å². The van der Waals surface area contributed by atoms with Crippen molar-refractivity contribution in [2.45, 2.75) is 50.0 Å². The molecule has 8 nitrogen and oxygen atoms in total. The maximum absolute atomic E-state index is 14.7. The molecule has 2 aliphatic heterocycles. The van der Waals surface area contributed by atoms with Crippen molar-refractivity contribution in [2.75, 3.05) is 16.2 Å². The Bertz CT molecular complexity index is 1300. The molecule has 1 N–H and O–H groups in total. The van der Waals surface area contributed by atoms with Gasteiger partial charge < -0.3 is 9.47 Å². The Hall–Kier alpha value is -3.27. The van der Waals surface area contributed by atoms with Crippen LogP contribution >= 0.6 is 0 Å². The molecule has 1 amide bonds. The van der Waals surface area contributed by atoms with Gasteiger partial charge in [-0.25, -0.2) is 12.8 Å². The number of anilines is 2. The Kier molecular flexibility index (Phi) is 5.61. The van der Waals surface area contributed by atoms with Crippen LogP contribution in [0.1, 0.15) is 37.9 Å². The summed E-state index contributed by atoms with van der Waals surface area (Å²) in [6, 6.07) is 10.2. The lowest BCUT2D eigenvalue weighted by atomic mass is 10.1. The van der Waals surface area contributed by atoms with E-state index in [0.29, 0.717) is 31.0 Å². The summed E-state index contributed by atoms with van der Waals surface area (Å²) in [4.78, 5) is 13.6. The highest BCUT2D eigenvalue weighted by Crippen LogP contribution is 2.29. The van der Waals surface area contributed by atoms with E-state index in [9.17, 15) is 17.6 Å². The molecule has 172 valence electrons. The number of aryl methyl sites for hydroxylation is 1. The number of amides is 1. The molecule has 0 atom stereocenters. The summed E-state index contributed by atoms with van der Waals surface area (Å²) in [5, 5.41) is 8.40. The third-order valence-electron chi connectivity index (χ3n) is 6.10. The molecule has 0 radical (unpaired) electrons. The molecule has 2 aliphatic rings. The summed E-state index contributed by atoms with van der Waals surface area (Å²) in [5.74, 6) is 0.778. The minimum absolute atomic E-state index is 0.0361. The number of nitrogens with one attached hydrogen (secondary N) is 1. The number of benzene rings is 2. The lowest BCUT2D eigenvalue weighted by Gasteiger charge is -2.16. The van der Waals surface area contributed by atoms with Gasteiger partial charge in [0.25, 0.3) is 10.0 Å². The van der Waals surface area contributed by atoms with Crippen LogP contribution in [0, 0.1) is 5.82 Å². The van der Waals surface area contributed by atoms with Gasteiger partial charge in [-0.05, 0) is 61.7 Å². The van der Waals surface area contributed by atoms with Crippen molar-refractivity contribution >= 4 is 27.3 Å². The van der Waals surface area contributed by atoms with E-state index in [0.717, 1.165) is 37.9 Å². The summed E-state index contributed by atoms with van der Waals surface area (Å²) >= 11 is 0.